The molecule has 2 amide bonds. The van der Waals surface area contributed by atoms with Crippen molar-refractivity contribution in [2.75, 3.05) is 24.9 Å². The van der Waals surface area contributed by atoms with Crippen molar-refractivity contribution in [2.24, 2.45) is 0 Å². The van der Waals surface area contributed by atoms with Crippen molar-refractivity contribution in [1.29, 1.82) is 0 Å². The van der Waals surface area contributed by atoms with E-state index in [1.165, 1.54) is 19.0 Å². The summed E-state index contributed by atoms with van der Waals surface area (Å²) in [6, 6.07) is 24.9. The van der Waals surface area contributed by atoms with E-state index in [1.54, 1.807) is 30.3 Å². The molecule has 0 fully saturated rings. The van der Waals surface area contributed by atoms with Crippen molar-refractivity contribution in [3.05, 3.63) is 102 Å². The highest BCUT2D eigenvalue weighted by molar-refractivity contribution is 7.90. The molecular weight excluding hydrogens is 524 g/mol. The van der Waals surface area contributed by atoms with Crippen LogP contribution in [-0.4, -0.2) is 61.7 Å². The number of para-hydroxylation sites is 1. The van der Waals surface area contributed by atoms with Crippen molar-refractivity contribution in [3.63, 3.8) is 0 Å². The van der Waals surface area contributed by atoms with Gasteiger partial charge in [-0.05, 0) is 51.0 Å². The fourth-order valence-electron chi connectivity index (χ4n) is 4.21. The lowest BCUT2D eigenvalue weighted by molar-refractivity contribution is -0.140. The van der Waals surface area contributed by atoms with Crippen molar-refractivity contribution >= 4 is 27.7 Å². The van der Waals surface area contributed by atoms with E-state index >= 15 is 0 Å². The Kier molecular flexibility index (Phi) is 10.1. The highest BCUT2D eigenvalue weighted by Crippen LogP contribution is 2.22. The molecule has 1 atom stereocenters. The molecule has 0 aliphatic carbocycles. The minimum atomic E-state index is -4.01. The molecular formula is C31H40N4O4S. The highest BCUT2D eigenvalue weighted by atomic mass is 32.2. The van der Waals surface area contributed by atoms with Gasteiger partial charge in [-0.2, -0.15) is 12.7 Å². The molecule has 1 unspecified atom stereocenters. The molecule has 0 aliphatic rings. The Morgan fingerprint density at radius 2 is 1.38 bits per heavy atom. The smallest absolute Gasteiger partial charge is 0.304 e. The van der Waals surface area contributed by atoms with Crippen LogP contribution in [0.1, 0.15) is 37.5 Å². The quantitative estimate of drug-likeness (QED) is 0.379. The number of amides is 2. The number of carbonyl (C=O) groups excluding carboxylic acids is 2. The predicted octanol–water partition coefficient (Wildman–Crippen LogP) is 4.16. The Hall–Kier alpha value is -3.69. The lowest BCUT2D eigenvalue weighted by Crippen LogP contribution is -2.56. The molecule has 214 valence electrons. The average molecular weight is 565 g/mol. The van der Waals surface area contributed by atoms with Crippen LogP contribution < -0.4 is 9.62 Å². The third kappa shape index (κ3) is 8.40. The maximum Gasteiger partial charge on any atom is 0.304 e. The number of rotatable bonds is 11. The van der Waals surface area contributed by atoms with Gasteiger partial charge in [0, 0.05) is 32.6 Å². The Bertz CT molecular complexity index is 1370. The van der Waals surface area contributed by atoms with Gasteiger partial charge in [-0.15, -0.1) is 0 Å². The number of hydrogen-bond acceptors (Lipinski definition) is 4. The number of aryl methyl sites for hydroxylation is 1. The second-order valence-electron chi connectivity index (χ2n) is 11.1. The topological polar surface area (TPSA) is 90.0 Å². The van der Waals surface area contributed by atoms with Crippen molar-refractivity contribution < 1.29 is 18.0 Å². The highest BCUT2D eigenvalue weighted by Gasteiger charge is 2.35. The van der Waals surface area contributed by atoms with E-state index < -0.39 is 34.2 Å². The molecule has 3 aromatic carbocycles. The molecule has 1 N–H and O–H groups in total. The summed E-state index contributed by atoms with van der Waals surface area (Å²) < 4.78 is 28.9. The molecule has 0 spiro atoms. The normalized spacial score (nSPS) is 12.6. The van der Waals surface area contributed by atoms with Gasteiger partial charge in [-0.1, -0.05) is 78.4 Å². The van der Waals surface area contributed by atoms with Gasteiger partial charge in [0.05, 0.1) is 5.69 Å². The molecule has 0 aliphatic heterocycles. The maximum absolute atomic E-state index is 14.2. The van der Waals surface area contributed by atoms with Gasteiger partial charge >= 0.3 is 10.2 Å². The molecule has 8 nitrogen and oxygen atoms in total. The molecule has 0 radical (unpaired) electrons. The summed E-state index contributed by atoms with van der Waals surface area (Å²) in [5.74, 6) is -0.793. The molecule has 0 saturated carbocycles. The van der Waals surface area contributed by atoms with Crippen LogP contribution in [0, 0.1) is 6.92 Å². The summed E-state index contributed by atoms with van der Waals surface area (Å²) in [5.41, 5.74) is 2.62. The third-order valence-electron chi connectivity index (χ3n) is 6.31. The van der Waals surface area contributed by atoms with Gasteiger partial charge in [-0.25, -0.2) is 4.31 Å². The van der Waals surface area contributed by atoms with E-state index in [0.29, 0.717) is 5.69 Å². The second-order valence-corrected chi connectivity index (χ2v) is 13.2. The Balaban J connectivity index is 2.09. The first-order valence-electron chi connectivity index (χ1n) is 13.2. The van der Waals surface area contributed by atoms with Crippen molar-refractivity contribution in [3.8, 4) is 0 Å². The fourth-order valence-corrected chi connectivity index (χ4v) is 5.26. The lowest BCUT2D eigenvalue weighted by atomic mass is 10.0. The third-order valence-corrected chi connectivity index (χ3v) is 8.13. The van der Waals surface area contributed by atoms with E-state index in [-0.39, 0.29) is 18.9 Å². The predicted molar refractivity (Wildman–Crippen MR) is 160 cm³/mol. The molecule has 3 rings (SSSR count). The number of hydrogen-bond donors (Lipinski definition) is 1. The van der Waals surface area contributed by atoms with Crippen LogP contribution >= 0.6 is 0 Å². The van der Waals surface area contributed by atoms with Crippen LogP contribution in [0.15, 0.2) is 84.9 Å². The molecule has 0 bridgehead atoms. The van der Waals surface area contributed by atoms with E-state index in [1.807, 2.05) is 82.3 Å². The first-order valence-corrected chi connectivity index (χ1v) is 14.6. The Morgan fingerprint density at radius 1 is 0.825 bits per heavy atom. The fraction of sp³-hybridized carbons (Fsp3) is 0.355. The summed E-state index contributed by atoms with van der Waals surface area (Å²) in [6.07, 6.45) is 0.270. The van der Waals surface area contributed by atoms with E-state index in [4.69, 9.17) is 0 Å². The van der Waals surface area contributed by atoms with Crippen LogP contribution in [0.3, 0.4) is 0 Å². The van der Waals surface area contributed by atoms with Crippen LogP contribution in [0.2, 0.25) is 0 Å². The zero-order valence-corrected chi connectivity index (χ0v) is 25.0. The van der Waals surface area contributed by atoms with Gasteiger partial charge in [-0.3, -0.25) is 9.59 Å². The monoisotopic (exact) mass is 564 g/mol. The largest absolute Gasteiger partial charge is 0.350 e. The lowest BCUT2D eigenvalue weighted by Gasteiger charge is -2.35. The summed E-state index contributed by atoms with van der Waals surface area (Å²) in [5, 5.41) is 3.03. The molecule has 3 aromatic rings. The summed E-state index contributed by atoms with van der Waals surface area (Å²) in [6.45, 7) is 7.31. The first kappa shape index (κ1) is 30.8. The average Bonchev–Trinajstić information content (AvgIpc) is 2.90. The standard InChI is InChI=1S/C31H40N4O4S/c1-24-17-19-26(20-18-24)22-34(28(30(37)32-31(2,3)4)21-25-13-9-7-10-14-25)29(36)23-35(40(38,39)33(5)6)27-15-11-8-12-16-27/h7-20,28H,21-23H2,1-6H3,(H,32,37). The molecule has 40 heavy (non-hydrogen) atoms. The zero-order valence-electron chi connectivity index (χ0n) is 24.2. The molecule has 0 saturated heterocycles. The van der Waals surface area contributed by atoms with Crippen LogP contribution in [0.5, 0.6) is 0 Å². The molecule has 9 heteroatoms. The molecule has 0 aromatic heterocycles. The van der Waals surface area contributed by atoms with Gasteiger partial charge < -0.3 is 10.2 Å². The number of nitrogens with zero attached hydrogens (tertiary/aromatic N) is 3. The van der Waals surface area contributed by atoms with Crippen LogP contribution in [0.25, 0.3) is 0 Å². The van der Waals surface area contributed by atoms with Crippen molar-refractivity contribution in [1.82, 2.24) is 14.5 Å². The minimum Gasteiger partial charge on any atom is -0.350 e. The summed E-state index contributed by atoms with van der Waals surface area (Å²) in [4.78, 5) is 29.5. The number of nitrogens with one attached hydrogen (secondary N) is 1. The second kappa shape index (κ2) is 13.1. The molecule has 0 heterocycles. The Labute approximate surface area is 238 Å². The van der Waals surface area contributed by atoms with E-state index in [2.05, 4.69) is 5.32 Å². The summed E-state index contributed by atoms with van der Waals surface area (Å²) in [7, 11) is -1.16. The number of benzene rings is 3. The minimum absolute atomic E-state index is 0.138. The SMILES string of the molecule is Cc1ccc(CN(C(=O)CN(c2ccccc2)S(=O)(=O)N(C)C)C(Cc2ccccc2)C(=O)NC(C)(C)C)cc1. The van der Waals surface area contributed by atoms with Gasteiger partial charge in [0.25, 0.3) is 0 Å². The van der Waals surface area contributed by atoms with Gasteiger partial charge in [0.2, 0.25) is 11.8 Å². The van der Waals surface area contributed by atoms with Gasteiger partial charge in [0.1, 0.15) is 12.6 Å². The number of carbonyl (C=O) groups is 2. The Morgan fingerprint density at radius 3 is 1.90 bits per heavy atom. The van der Waals surface area contributed by atoms with Gasteiger partial charge in [0.15, 0.2) is 0 Å². The van der Waals surface area contributed by atoms with E-state index in [0.717, 1.165) is 25.3 Å². The van der Waals surface area contributed by atoms with E-state index in [9.17, 15) is 18.0 Å². The van der Waals surface area contributed by atoms with Crippen molar-refractivity contribution in [2.45, 2.75) is 52.2 Å². The maximum atomic E-state index is 14.2. The van der Waals surface area contributed by atoms with Crippen LogP contribution in [0.4, 0.5) is 5.69 Å². The van der Waals surface area contributed by atoms with Crippen LogP contribution in [-0.2, 0) is 32.8 Å². The first-order chi connectivity index (χ1) is 18.8. The zero-order chi connectivity index (χ0) is 29.5. The number of anilines is 1. The summed E-state index contributed by atoms with van der Waals surface area (Å²) >= 11 is 0.